The van der Waals surface area contributed by atoms with Crippen LogP contribution >= 0.6 is 0 Å². The fourth-order valence-corrected chi connectivity index (χ4v) is 3.09. The van der Waals surface area contributed by atoms with Crippen molar-refractivity contribution in [1.82, 2.24) is 0 Å². The van der Waals surface area contributed by atoms with Gasteiger partial charge in [0.25, 0.3) is 5.91 Å². The quantitative estimate of drug-likeness (QED) is 0.913. The Morgan fingerprint density at radius 1 is 1.16 bits per heavy atom. The predicted octanol–water partition coefficient (Wildman–Crippen LogP) is 3.97. The Hall–Kier alpha value is -2.60. The second kappa shape index (κ2) is 5.74. The van der Waals surface area contributed by atoms with E-state index in [0.29, 0.717) is 22.4 Å². The lowest BCUT2D eigenvalue weighted by Crippen LogP contribution is -2.38. The Balaban J connectivity index is 1.89. The molecule has 2 aromatic carbocycles. The molecule has 0 aromatic heterocycles. The van der Waals surface area contributed by atoms with Gasteiger partial charge in [0.05, 0.1) is 11.3 Å². The molecule has 1 amide bonds. The van der Waals surface area contributed by atoms with Crippen molar-refractivity contribution in [3.05, 3.63) is 71.8 Å². The van der Waals surface area contributed by atoms with Crippen LogP contribution in [0.2, 0.25) is 0 Å². The average molecular weight is 347 g/mol. The average Bonchev–Trinajstić information content (AvgIpc) is 2.76. The maximum absolute atomic E-state index is 12.7. The van der Waals surface area contributed by atoms with Gasteiger partial charge in [-0.05, 0) is 29.3 Å². The molecule has 2 aromatic rings. The summed E-state index contributed by atoms with van der Waals surface area (Å²) in [5, 5.41) is 11.0. The fraction of sp³-hybridized carbons (Fsp3) is 0.211. The van der Waals surface area contributed by atoms with E-state index in [2.05, 4.69) is 6.58 Å². The van der Waals surface area contributed by atoms with Crippen molar-refractivity contribution in [3.63, 3.8) is 0 Å². The molecular weight excluding hydrogens is 331 g/mol. The number of benzene rings is 2. The summed E-state index contributed by atoms with van der Waals surface area (Å²) in [7, 11) is 1.57. The second-order valence-electron chi connectivity index (χ2n) is 6.10. The zero-order valence-electron chi connectivity index (χ0n) is 13.5. The number of anilines is 1. The number of amides is 1. The third kappa shape index (κ3) is 2.82. The van der Waals surface area contributed by atoms with E-state index in [1.807, 2.05) is 0 Å². The molecule has 6 heteroatoms. The number of nitrogens with zero attached hydrogens (tertiary/aromatic N) is 1. The number of alkyl halides is 3. The number of likely N-dealkylation sites (N-methyl/N-ethyl adjacent to an activating group) is 1. The minimum atomic E-state index is -4.42. The molecule has 3 nitrogen and oxygen atoms in total. The molecule has 1 aliphatic rings. The van der Waals surface area contributed by atoms with E-state index in [0.717, 1.165) is 12.1 Å². The summed E-state index contributed by atoms with van der Waals surface area (Å²) in [5.41, 5.74) is -0.628. The molecule has 0 aliphatic carbocycles. The van der Waals surface area contributed by atoms with E-state index in [1.54, 1.807) is 31.3 Å². The van der Waals surface area contributed by atoms with E-state index in [4.69, 9.17) is 0 Å². The van der Waals surface area contributed by atoms with Crippen LogP contribution in [-0.4, -0.2) is 18.1 Å². The van der Waals surface area contributed by atoms with Gasteiger partial charge in [-0.15, -0.1) is 0 Å². The van der Waals surface area contributed by atoms with E-state index in [-0.39, 0.29) is 6.42 Å². The van der Waals surface area contributed by atoms with Gasteiger partial charge in [-0.2, -0.15) is 13.2 Å². The Morgan fingerprint density at radius 2 is 1.76 bits per heavy atom. The summed E-state index contributed by atoms with van der Waals surface area (Å²) >= 11 is 0. The number of aliphatic hydroxyl groups is 1. The van der Waals surface area contributed by atoms with E-state index in [1.165, 1.54) is 17.0 Å². The van der Waals surface area contributed by atoms with Crippen molar-refractivity contribution >= 4 is 17.2 Å². The first-order chi connectivity index (χ1) is 11.6. The van der Waals surface area contributed by atoms with Crippen LogP contribution < -0.4 is 4.90 Å². The Bertz CT molecular complexity index is 842. The molecule has 1 heterocycles. The summed E-state index contributed by atoms with van der Waals surface area (Å²) in [6, 6.07) is 11.4. The van der Waals surface area contributed by atoms with Gasteiger partial charge < -0.3 is 10.0 Å². The molecule has 0 fully saturated rings. The fourth-order valence-electron chi connectivity index (χ4n) is 3.09. The first kappa shape index (κ1) is 17.2. The minimum Gasteiger partial charge on any atom is -0.375 e. The molecule has 0 spiro atoms. The van der Waals surface area contributed by atoms with Crippen molar-refractivity contribution in [2.24, 2.45) is 0 Å². The number of hydrogen-bond acceptors (Lipinski definition) is 2. The highest BCUT2D eigenvalue weighted by atomic mass is 19.4. The first-order valence-corrected chi connectivity index (χ1v) is 7.60. The number of rotatable bonds is 3. The van der Waals surface area contributed by atoms with Gasteiger partial charge in [-0.3, -0.25) is 4.79 Å². The summed E-state index contributed by atoms with van der Waals surface area (Å²) in [5.74, 6) is -0.484. The van der Waals surface area contributed by atoms with Crippen LogP contribution in [0.5, 0.6) is 0 Å². The van der Waals surface area contributed by atoms with Crippen molar-refractivity contribution in [2.75, 3.05) is 11.9 Å². The lowest BCUT2D eigenvalue weighted by Gasteiger charge is -2.23. The number of carbonyl (C=O) groups excluding carboxylic acids is 1. The molecule has 130 valence electrons. The van der Waals surface area contributed by atoms with Crippen molar-refractivity contribution in [1.29, 1.82) is 0 Å². The maximum atomic E-state index is 12.7. The third-order valence-electron chi connectivity index (χ3n) is 4.46. The summed E-state index contributed by atoms with van der Waals surface area (Å²) in [6.45, 7) is 3.85. The number of para-hydroxylation sites is 1. The van der Waals surface area contributed by atoms with Gasteiger partial charge in [0.2, 0.25) is 0 Å². The zero-order valence-corrected chi connectivity index (χ0v) is 13.5. The first-order valence-electron chi connectivity index (χ1n) is 7.60. The van der Waals surface area contributed by atoms with Crippen molar-refractivity contribution in [2.45, 2.75) is 18.2 Å². The number of hydrogen-bond donors (Lipinski definition) is 1. The van der Waals surface area contributed by atoms with Crippen LogP contribution in [0.1, 0.15) is 23.1 Å². The number of carbonyl (C=O) groups is 1. The smallest absolute Gasteiger partial charge is 0.375 e. The molecule has 1 atom stereocenters. The van der Waals surface area contributed by atoms with E-state index in [9.17, 15) is 23.1 Å². The van der Waals surface area contributed by atoms with Crippen LogP contribution in [0.15, 0.2) is 55.1 Å². The third-order valence-corrected chi connectivity index (χ3v) is 4.46. The largest absolute Gasteiger partial charge is 0.416 e. The molecule has 25 heavy (non-hydrogen) atoms. The monoisotopic (exact) mass is 347 g/mol. The zero-order chi connectivity index (χ0) is 18.4. The summed E-state index contributed by atoms with van der Waals surface area (Å²) < 4.78 is 38.0. The SMILES string of the molecule is C=C(C[C@]1(O)C(=O)N(C)c2ccccc21)c1ccc(C(F)(F)F)cc1. The molecule has 1 aliphatic heterocycles. The van der Waals surface area contributed by atoms with Crippen molar-refractivity contribution in [3.8, 4) is 0 Å². The van der Waals surface area contributed by atoms with Gasteiger partial charge in [0, 0.05) is 19.0 Å². The molecule has 0 bridgehead atoms. The summed E-state index contributed by atoms with van der Waals surface area (Å²) in [4.78, 5) is 13.9. The topological polar surface area (TPSA) is 40.5 Å². The number of fused-ring (bicyclic) bond motifs is 1. The molecule has 0 saturated carbocycles. The molecule has 1 N–H and O–H groups in total. The summed E-state index contributed by atoms with van der Waals surface area (Å²) in [6.07, 6.45) is -4.51. The molecule has 3 rings (SSSR count). The van der Waals surface area contributed by atoms with Gasteiger partial charge in [-0.1, -0.05) is 36.9 Å². The van der Waals surface area contributed by atoms with Crippen LogP contribution in [0, 0.1) is 0 Å². The second-order valence-corrected chi connectivity index (χ2v) is 6.10. The number of halogens is 3. The Morgan fingerprint density at radius 3 is 2.36 bits per heavy atom. The molecule has 0 radical (unpaired) electrons. The highest BCUT2D eigenvalue weighted by Gasteiger charge is 2.48. The van der Waals surface area contributed by atoms with Gasteiger partial charge in [0.1, 0.15) is 0 Å². The van der Waals surface area contributed by atoms with Crippen LogP contribution in [0.25, 0.3) is 5.57 Å². The lowest BCUT2D eigenvalue weighted by molar-refractivity contribution is -0.137. The lowest BCUT2D eigenvalue weighted by atomic mass is 9.86. The minimum absolute atomic E-state index is 0.0987. The predicted molar refractivity (Wildman–Crippen MR) is 88.8 cm³/mol. The van der Waals surface area contributed by atoms with Crippen LogP contribution in [-0.2, 0) is 16.6 Å². The van der Waals surface area contributed by atoms with Gasteiger partial charge in [0.15, 0.2) is 5.60 Å². The van der Waals surface area contributed by atoms with Crippen LogP contribution in [0.3, 0.4) is 0 Å². The Kier molecular flexibility index (Phi) is 3.95. The highest BCUT2D eigenvalue weighted by Crippen LogP contribution is 2.44. The molecule has 0 unspecified atom stereocenters. The highest BCUT2D eigenvalue weighted by molar-refractivity contribution is 6.07. The van der Waals surface area contributed by atoms with Crippen molar-refractivity contribution < 1.29 is 23.1 Å². The van der Waals surface area contributed by atoms with Gasteiger partial charge in [-0.25, -0.2) is 0 Å². The molecule has 0 saturated heterocycles. The standard InChI is InChI=1S/C19H16F3NO2/c1-12(13-7-9-14(10-8-13)19(20,21)22)11-18(25)15-5-3-4-6-16(15)23(2)17(18)24/h3-10,25H,1,11H2,2H3/t18-/m1/s1. The van der Waals surface area contributed by atoms with E-state index >= 15 is 0 Å². The molecular formula is C19H16F3NO2. The normalized spacial score (nSPS) is 19.9. The van der Waals surface area contributed by atoms with Gasteiger partial charge >= 0.3 is 6.18 Å². The van der Waals surface area contributed by atoms with E-state index < -0.39 is 23.2 Å². The Labute approximate surface area is 143 Å². The maximum Gasteiger partial charge on any atom is 0.416 e. The van der Waals surface area contributed by atoms with Crippen LogP contribution in [0.4, 0.5) is 18.9 Å².